The summed E-state index contributed by atoms with van der Waals surface area (Å²) in [6.07, 6.45) is 0.234. The van der Waals surface area contributed by atoms with E-state index in [1.165, 1.54) is 0 Å². The topological polar surface area (TPSA) is 45.7 Å². The van der Waals surface area contributed by atoms with Gasteiger partial charge < -0.3 is 9.64 Å². The summed E-state index contributed by atoms with van der Waals surface area (Å²) in [5, 5.41) is 1.09. The molecule has 3 heterocycles. The molecule has 4 heteroatoms. The van der Waals surface area contributed by atoms with Gasteiger partial charge in [0.2, 0.25) is 0 Å². The zero-order valence-electron chi connectivity index (χ0n) is 9.80. The van der Waals surface area contributed by atoms with Crippen molar-refractivity contribution in [3.8, 4) is 0 Å². The van der Waals surface area contributed by atoms with E-state index in [0.717, 1.165) is 23.1 Å². The maximum atomic E-state index is 12.2. The number of amides is 1. The van der Waals surface area contributed by atoms with Gasteiger partial charge in [0.15, 0.2) is 0 Å². The third-order valence-electron chi connectivity index (χ3n) is 3.48. The molecule has 0 aliphatic carbocycles. The average molecular weight is 240 g/mol. The largest absolute Gasteiger partial charge is 0.371 e. The van der Waals surface area contributed by atoms with E-state index in [1.54, 1.807) is 0 Å². The van der Waals surface area contributed by atoms with Crippen LogP contribution in [-0.2, 0) is 11.3 Å². The van der Waals surface area contributed by atoms with Crippen LogP contribution in [0.3, 0.4) is 0 Å². The molecule has 0 N–H and O–H groups in total. The maximum Gasteiger partial charge on any atom is 0.273 e. The molecule has 90 valence electrons. The molecule has 1 unspecified atom stereocenters. The molecule has 1 aromatic heterocycles. The van der Waals surface area contributed by atoms with Crippen LogP contribution >= 0.6 is 0 Å². The number of pyridine rings is 1. The van der Waals surface area contributed by atoms with Crippen LogP contribution in [-0.4, -0.2) is 35.0 Å². The number of hydrogen-bond donors (Lipinski definition) is 0. The number of carbonyl (C=O) groups excluding carboxylic acids is 1. The summed E-state index contributed by atoms with van der Waals surface area (Å²) in [5.74, 6) is 0.0336. The summed E-state index contributed by atoms with van der Waals surface area (Å²) in [6.45, 7) is 2.12. The molecular weight excluding hydrogens is 228 g/mol. The van der Waals surface area contributed by atoms with E-state index in [9.17, 15) is 4.79 Å². The number of benzene rings is 1. The fourth-order valence-electron chi connectivity index (χ4n) is 2.46. The van der Waals surface area contributed by atoms with Gasteiger partial charge in [0.25, 0.3) is 5.91 Å². The average Bonchev–Trinajstić information content (AvgIpc) is 3.15. The van der Waals surface area contributed by atoms with Crippen molar-refractivity contribution >= 4 is 16.8 Å². The van der Waals surface area contributed by atoms with Gasteiger partial charge >= 0.3 is 0 Å². The van der Waals surface area contributed by atoms with E-state index in [1.807, 2.05) is 29.2 Å². The highest BCUT2D eigenvalue weighted by Crippen LogP contribution is 2.26. The van der Waals surface area contributed by atoms with Crippen LogP contribution in [0.2, 0.25) is 0 Å². The normalized spacial score (nSPS) is 21.4. The highest BCUT2D eigenvalue weighted by atomic mass is 16.6. The van der Waals surface area contributed by atoms with Crippen molar-refractivity contribution < 1.29 is 9.53 Å². The van der Waals surface area contributed by atoms with Gasteiger partial charge in [-0.2, -0.15) is 0 Å². The second-order valence-corrected chi connectivity index (χ2v) is 4.83. The number of rotatable bonds is 2. The molecule has 0 radical (unpaired) electrons. The first-order chi connectivity index (χ1) is 8.81. The van der Waals surface area contributed by atoms with Crippen LogP contribution in [0.25, 0.3) is 10.9 Å². The van der Waals surface area contributed by atoms with Crippen molar-refractivity contribution in [3.05, 3.63) is 41.6 Å². The molecule has 1 atom stereocenters. The number of aromatic nitrogens is 1. The zero-order valence-corrected chi connectivity index (χ0v) is 9.80. The molecule has 1 saturated heterocycles. The van der Waals surface area contributed by atoms with Crippen molar-refractivity contribution in [3.63, 3.8) is 0 Å². The van der Waals surface area contributed by atoms with Gasteiger partial charge in [0.05, 0.1) is 18.2 Å². The second kappa shape index (κ2) is 3.53. The lowest BCUT2D eigenvalue weighted by atomic mass is 10.1. The summed E-state index contributed by atoms with van der Waals surface area (Å²) in [7, 11) is 0. The molecule has 1 fully saturated rings. The highest BCUT2D eigenvalue weighted by molar-refractivity contribution is 5.99. The smallest absolute Gasteiger partial charge is 0.273 e. The molecule has 1 amide bonds. The predicted molar refractivity (Wildman–Crippen MR) is 66.2 cm³/mol. The van der Waals surface area contributed by atoms with Crippen LogP contribution in [0, 0.1) is 0 Å². The van der Waals surface area contributed by atoms with Crippen molar-refractivity contribution in [1.29, 1.82) is 0 Å². The second-order valence-electron chi connectivity index (χ2n) is 4.83. The minimum atomic E-state index is 0.0336. The number of hydrogen-bond acceptors (Lipinski definition) is 3. The Morgan fingerprint density at radius 2 is 2.22 bits per heavy atom. The van der Waals surface area contributed by atoms with Gasteiger partial charge in [-0.05, 0) is 12.1 Å². The van der Waals surface area contributed by atoms with Gasteiger partial charge in [-0.3, -0.25) is 4.79 Å². The van der Waals surface area contributed by atoms with Gasteiger partial charge in [0, 0.05) is 24.0 Å². The Kier molecular flexibility index (Phi) is 1.96. The van der Waals surface area contributed by atoms with E-state index in [0.29, 0.717) is 18.8 Å². The Morgan fingerprint density at radius 3 is 3.06 bits per heavy atom. The summed E-state index contributed by atoms with van der Waals surface area (Å²) in [5.41, 5.74) is 2.52. The van der Waals surface area contributed by atoms with Crippen LogP contribution in [0.5, 0.6) is 0 Å². The van der Waals surface area contributed by atoms with Gasteiger partial charge in [-0.25, -0.2) is 4.98 Å². The number of fused-ring (bicyclic) bond motifs is 2. The van der Waals surface area contributed by atoms with E-state index >= 15 is 0 Å². The van der Waals surface area contributed by atoms with Crippen molar-refractivity contribution in [2.24, 2.45) is 0 Å². The Morgan fingerprint density at radius 1 is 1.39 bits per heavy atom. The lowest BCUT2D eigenvalue weighted by molar-refractivity contribution is 0.0762. The highest BCUT2D eigenvalue weighted by Gasteiger charge is 2.34. The number of carbonyl (C=O) groups is 1. The number of ether oxygens (including phenoxy) is 1. The summed E-state index contributed by atoms with van der Waals surface area (Å²) >= 11 is 0. The number of epoxide rings is 1. The fourth-order valence-corrected chi connectivity index (χ4v) is 2.46. The summed E-state index contributed by atoms with van der Waals surface area (Å²) in [4.78, 5) is 18.5. The van der Waals surface area contributed by atoms with Gasteiger partial charge in [0.1, 0.15) is 5.69 Å². The zero-order chi connectivity index (χ0) is 12.1. The molecule has 0 bridgehead atoms. The van der Waals surface area contributed by atoms with Gasteiger partial charge in [-0.15, -0.1) is 0 Å². The van der Waals surface area contributed by atoms with Crippen molar-refractivity contribution in [2.75, 3.05) is 13.2 Å². The molecule has 2 aliphatic rings. The fraction of sp³-hybridized carbons (Fsp3) is 0.286. The van der Waals surface area contributed by atoms with E-state index in [4.69, 9.17) is 4.74 Å². The standard InChI is InChI=1S/C14H12N2O2/c17-14-13-10(6-16(14)7-11-8-18-11)5-9-3-1-2-4-12(9)15-13/h1-5,11H,6-8H2. The van der Waals surface area contributed by atoms with E-state index in [2.05, 4.69) is 11.1 Å². The van der Waals surface area contributed by atoms with Crippen molar-refractivity contribution in [2.45, 2.75) is 12.6 Å². The third kappa shape index (κ3) is 1.49. The molecular formula is C14H12N2O2. The first-order valence-corrected chi connectivity index (χ1v) is 6.11. The molecule has 18 heavy (non-hydrogen) atoms. The maximum absolute atomic E-state index is 12.2. The molecule has 2 aromatic rings. The van der Waals surface area contributed by atoms with Crippen molar-refractivity contribution in [1.82, 2.24) is 9.88 Å². The first kappa shape index (κ1) is 10.0. The summed E-state index contributed by atoms with van der Waals surface area (Å²) in [6, 6.07) is 9.97. The van der Waals surface area contributed by atoms with Gasteiger partial charge in [-0.1, -0.05) is 18.2 Å². The quantitative estimate of drug-likeness (QED) is 0.749. The molecule has 4 rings (SSSR count). The Bertz CT molecular complexity index is 649. The monoisotopic (exact) mass is 240 g/mol. The van der Waals surface area contributed by atoms with Crippen LogP contribution < -0.4 is 0 Å². The Balaban J connectivity index is 1.76. The number of nitrogens with zero attached hydrogens (tertiary/aromatic N) is 2. The van der Waals surface area contributed by atoms with E-state index in [-0.39, 0.29) is 12.0 Å². The molecule has 2 aliphatic heterocycles. The molecule has 4 nitrogen and oxygen atoms in total. The molecule has 1 aromatic carbocycles. The lowest BCUT2D eigenvalue weighted by Gasteiger charge is -2.12. The minimum Gasteiger partial charge on any atom is -0.371 e. The van der Waals surface area contributed by atoms with E-state index < -0.39 is 0 Å². The number of para-hydroxylation sites is 1. The van der Waals surface area contributed by atoms with Crippen LogP contribution in [0.15, 0.2) is 30.3 Å². The first-order valence-electron chi connectivity index (χ1n) is 6.11. The van der Waals surface area contributed by atoms with Crippen LogP contribution in [0.1, 0.15) is 16.1 Å². The Hall–Kier alpha value is -1.94. The third-order valence-corrected chi connectivity index (χ3v) is 3.48. The molecule has 0 saturated carbocycles. The minimum absolute atomic E-state index is 0.0336. The summed E-state index contributed by atoms with van der Waals surface area (Å²) < 4.78 is 5.18. The predicted octanol–water partition coefficient (Wildman–Crippen LogP) is 1.59. The Labute approximate surface area is 104 Å². The van der Waals surface area contributed by atoms with Crippen LogP contribution in [0.4, 0.5) is 0 Å². The molecule has 0 spiro atoms. The SMILES string of the molecule is O=C1c2nc3ccccc3cc2CN1CC1CO1. The lowest BCUT2D eigenvalue weighted by Crippen LogP contribution is -2.28.